The summed E-state index contributed by atoms with van der Waals surface area (Å²) in [6.07, 6.45) is 0. The van der Waals surface area contributed by atoms with Gasteiger partial charge >= 0.3 is 0 Å². The fourth-order valence-electron chi connectivity index (χ4n) is 1.25. The van der Waals surface area contributed by atoms with Gasteiger partial charge in [-0.15, -0.1) is 11.3 Å². The Morgan fingerprint density at radius 2 is 1.81 bits per heavy atom. The van der Waals surface area contributed by atoms with Crippen LogP contribution in [0.15, 0.2) is 37.9 Å². The van der Waals surface area contributed by atoms with E-state index >= 15 is 0 Å². The summed E-state index contributed by atoms with van der Waals surface area (Å²) in [5.41, 5.74) is 1.30. The van der Waals surface area contributed by atoms with E-state index in [9.17, 15) is 4.79 Å². The molecule has 0 fully saturated rings. The Kier molecular flexibility index (Phi) is 3.85. The minimum Gasteiger partial charge on any atom is -0.289 e. The van der Waals surface area contributed by atoms with Crippen molar-refractivity contribution in [2.24, 2.45) is 0 Å². The fraction of sp³-hybridized carbons (Fsp3) is 0. The first kappa shape index (κ1) is 12.3. The van der Waals surface area contributed by atoms with E-state index in [1.807, 2.05) is 6.07 Å². The lowest BCUT2D eigenvalue weighted by atomic mass is 10.1. The Hall–Kier alpha value is -0.160. The standard InChI is InChI=1S/C11H5Br2ClOS/c12-9-5-8(11(13)16-9)10(15)6-1-3-7(14)4-2-6/h1-5H. The molecule has 2 rings (SSSR count). The van der Waals surface area contributed by atoms with E-state index in [-0.39, 0.29) is 5.78 Å². The predicted octanol–water partition coefficient (Wildman–Crippen LogP) is 5.16. The second-order valence-corrected chi connectivity index (χ2v) is 7.26. The maximum atomic E-state index is 12.1. The maximum absolute atomic E-state index is 12.1. The van der Waals surface area contributed by atoms with Crippen LogP contribution < -0.4 is 0 Å². The van der Waals surface area contributed by atoms with E-state index < -0.39 is 0 Å². The van der Waals surface area contributed by atoms with Crippen LogP contribution in [0.4, 0.5) is 0 Å². The van der Waals surface area contributed by atoms with Crippen LogP contribution in [0.5, 0.6) is 0 Å². The van der Waals surface area contributed by atoms with Crippen LogP contribution in [0.25, 0.3) is 0 Å². The van der Waals surface area contributed by atoms with Gasteiger partial charge in [-0.2, -0.15) is 0 Å². The van der Waals surface area contributed by atoms with Crippen molar-refractivity contribution in [2.75, 3.05) is 0 Å². The minimum absolute atomic E-state index is 0.00880. The van der Waals surface area contributed by atoms with Crippen LogP contribution in [0, 0.1) is 0 Å². The second-order valence-electron chi connectivity index (χ2n) is 3.07. The van der Waals surface area contributed by atoms with E-state index in [2.05, 4.69) is 31.9 Å². The van der Waals surface area contributed by atoms with Crippen molar-refractivity contribution < 1.29 is 4.79 Å². The summed E-state index contributed by atoms with van der Waals surface area (Å²) in [5, 5.41) is 0.627. The van der Waals surface area contributed by atoms with Gasteiger partial charge in [-0.25, -0.2) is 0 Å². The molecule has 0 bridgehead atoms. The molecular weight excluding hydrogens is 375 g/mol. The molecule has 1 nitrogen and oxygen atoms in total. The van der Waals surface area contributed by atoms with Crippen LogP contribution in [0.1, 0.15) is 15.9 Å². The van der Waals surface area contributed by atoms with Crippen LogP contribution >= 0.6 is 54.8 Å². The Morgan fingerprint density at radius 1 is 1.19 bits per heavy atom. The highest BCUT2D eigenvalue weighted by Crippen LogP contribution is 2.33. The summed E-state index contributed by atoms with van der Waals surface area (Å²) in [5.74, 6) is -0.00880. The number of hydrogen-bond donors (Lipinski definition) is 0. The average molecular weight is 380 g/mol. The van der Waals surface area contributed by atoms with Crippen molar-refractivity contribution in [3.05, 3.63) is 54.1 Å². The van der Waals surface area contributed by atoms with Gasteiger partial charge in [0.2, 0.25) is 0 Å². The SMILES string of the molecule is O=C(c1ccc(Cl)cc1)c1cc(Br)sc1Br. The lowest BCUT2D eigenvalue weighted by Gasteiger charge is -1.99. The van der Waals surface area contributed by atoms with Crippen molar-refractivity contribution in [1.29, 1.82) is 0 Å². The van der Waals surface area contributed by atoms with Gasteiger partial charge in [-0.05, 0) is 62.2 Å². The van der Waals surface area contributed by atoms with E-state index in [0.717, 1.165) is 7.57 Å². The first-order valence-electron chi connectivity index (χ1n) is 4.33. The van der Waals surface area contributed by atoms with Crippen molar-refractivity contribution in [3.8, 4) is 0 Å². The largest absolute Gasteiger partial charge is 0.289 e. The van der Waals surface area contributed by atoms with Gasteiger partial charge in [0.25, 0.3) is 0 Å². The number of carbonyl (C=O) groups excluding carboxylic acids is 1. The van der Waals surface area contributed by atoms with Gasteiger partial charge in [0.05, 0.1) is 7.57 Å². The highest BCUT2D eigenvalue weighted by atomic mass is 79.9. The third kappa shape index (κ3) is 2.56. The van der Waals surface area contributed by atoms with Gasteiger partial charge < -0.3 is 0 Å². The Labute approximate surface area is 119 Å². The van der Waals surface area contributed by atoms with Crippen LogP contribution in [-0.4, -0.2) is 5.78 Å². The van der Waals surface area contributed by atoms with Gasteiger partial charge in [-0.3, -0.25) is 4.79 Å². The zero-order chi connectivity index (χ0) is 11.7. The highest BCUT2D eigenvalue weighted by molar-refractivity contribution is 9.12. The second kappa shape index (κ2) is 5.00. The molecule has 0 atom stereocenters. The van der Waals surface area contributed by atoms with Crippen LogP contribution in [0.2, 0.25) is 5.02 Å². The Balaban J connectivity index is 2.39. The molecule has 1 heterocycles. The van der Waals surface area contributed by atoms with E-state index in [1.165, 1.54) is 11.3 Å². The van der Waals surface area contributed by atoms with Crippen molar-refractivity contribution >= 4 is 60.6 Å². The molecule has 0 spiro atoms. The molecule has 0 aliphatic rings. The average Bonchev–Trinajstić information content (AvgIpc) is 2.58. The topological polar surface area (TPSA) is 17.1 Å². The molecule has 16 heavy (non-hydrogen) atoms. The zero-order valence-electron chi connectivity index (χ0n) is 7.84. The normalized spacial score (nSPS) is 10.4. The van der Waals surface area contributed by atoms with Crippen molar-refractivity contribution in [2.45, 2.75) is 0 Å². The van der Waals surface area contributed by atoms with Gasteiger partial charge in [0.1, 0.15) is 0 Å². The first-order valence-corrected chi connectivity index (χ1v) is 7.11. The summed E-state index contributed by atoms with van der Waals surface area (Å²) in [6, 6.07) is 8.69. The fourth-order valence-corrected chi connectivity index (χ4v) is 4.17. The molecule has 0 aliphatic heterocycles. The molecule has 0 unspecified atom stereocenters. The quantitative estimate of drug-likeness (QED) is 0.658. The number of thiophene rings is 1. The molecule has 0 N–H and O–H groups in total. The van der Waals surface area contributed by atoms with Gasteiger partial charge in [-0.1, -0.05) is 11.6 Å². The third-order valence-electron chi connectivity index (χ3n) is 2.01. The summed E-state index contributed by atoms with van der Waals surface area (Å²) in [6.45, 7) is 0. The number of benzene rings is 1. The number of halogens is 3. The molecule has 0 saturated carbocycles. The van der Waals surface area contributed by atoms with Crippen LogP contribution in [0.3, 0.4) is 0 Å². The molecule has 5 heteroatoms. The molecule has 82 valence electrons. The number of rotatable bonds is 2. The van der Waals surface area contributed by atoms with Crippen molar-refractivity contribution in [3.63, 3.8) is 0 Å². The van der Waals surface area contributed by atoms with Crippen molar-refractivity contribution in [1.82, 2.24) is 0 Å². The number of hydrogen-bond acceptors (Lipinski definition) is 2. The molecule has 0 radical (unpaired) electrons. The number of ketones is 1. The lowest BCUT2D eigenvalue weighted by molar-refractivity contribution is 0.103. The first-order chi connectivity index (χ1) is 7.58. The molecule has 1 aromatic carbocycles. The summed E-state index contributed by atoms with van der Waals surface area (Å²) in [4.78, 5) is 12.1. The predicted molar refractivity (Wildman–Crippen MR) is 74.6 cm³/mol. The molecular formula is C11H5Br2ClOS. The van der Waals surface area contributed by atoms with Gasteiger partial charge in [0.15, 0.2) is 5.78 Å². The summed E-state index contributed by atoms with van der Waals surface area (Å²) < 4.78 is 1.76. The molecule has 0 aliphatic carbocycles. The minimum atomic E-state index is -0.00880. The highest BCUT2D eigenvalue weighted by Gasteiger charge is 2.15. The zero-order valence-corrected chi connectivity index (χ0v) is 12.6. The lowest BCUT2D eigenvalue weighted by Crippen LogP contribution is -1.99. The Bertz CT molecular complexity index is 533. The smallest absolute Gasteiger partial charge is 0.195 e. The summed E-state index contributed by atoms with van der Waals surface area (Å²) >= 11 is 14.0. The third-order valence-corrected chi connectivity index (χ3v) is 4.60. The molecule has 0 saturated heterocycles. The maximum Gasteiger partial charge on any atom is 0.195 e. The molecule has 1 aromatic heterocycles. The van der Waals surface area contributed by atoms with Crippen LogP contribution in [-0.2, 0) is 0 Å². The molecule has 0 amide bonds. The van der Waals surface area contributed by atoms with E-state index in [0.29, 0.717) is 16.1 Å². The Morgan fingerprint density at radius 3 is 2.31 bits per heavy atom. The monoisotopic (exact) mass is 378 g/mol. The van der Waals surface area contributed by atoms with E-state index in [1.54, 1.807) is 24.3 Å². The summed E-state index contributed by atoms with van der Waals surface area (Å²) in [7, 11) is 0. The van der Waals surface area contributed by atoms with Gasteiger partial charge in [0, 0.05) is 16.1 Å². The van der Waals surface area contributed by atoms with E-state index in [4.69, 9.17) is 11.6 Å². The number of carbonyl (C=O) groups is 1. The molecule has 2 aromatic rings.